The van der Waals surface area contributed by atoms with Crippen LogP contribution in [0.25, 0.3) is 49.7 Å². The van der Waals surface area contributed by atoms with Gasteiger partial charge in [0.05, 0.1) is 0 Å². The number of anilines is 2. The summed E-state index contributed by atoms with van der Waals surface area (Å²) in [5.74, 6) is 0. The molecule has 0 unspecified atom stereocenters. The highest BCUT2D eigenvalue weighted by Crippen LogP contribution is 2.50. The molecule has 1 nitrogen and oxygen atoms in total. The molecule has 0 fully saturated rings. The predicted octanol–water partition coefficient (Wildman–Crippen LogP) is 13.4. The summed E-state index contributed by atoms with van der Waals surface area (Å²) in [6.45, 7) is 8.80. The van der Waals surface area contributed by atoms with Crippen molar-refractivity contribution in [2.45, 2.75) is 19.3 Å². The monoisotopic (exact) mass is 641 g/mol. The van der Waals surface area contributed by atoms with Crippen molar-refractivity contribution in [3.8, 4) is 33.4 Å². The molecule has 240 valence electrons. The topological polar surface area (TPSA) is 3.24 Å². The van der Waals surface area contributed by atoms with Gasteiger partial charge in [-0.05, 0) is 96.8 Å². The Labute approximate surface area is 295 Å². The largest absolute Gasteiger partial charge is 0.317 e. The number of rotatable bonds is 8. The smallest absolute Gasteiger partial charge is 0.0462 e. The van der Waals surface area contributed by atoms with Gasteiger partial charge in [0.15, 0.2) is 0 Å². The Balaban J connectivity index is 1.31. The second kappa shape index (κ2) is 13.0. The molecule has 0 saturated heterocycles. The lowest BCUT2D eigenvalue weighted by Crippen LogP contribution is -2.16. The van der Waals surface area contributed by atoms with Crippen molar-refractivity contribution in [3.05, 3.63) is 211 Å². The Morgan fingerprint density at radius 1 is 0.540 bits per heavy atom. The number of allylic oxidation sites excluding steroid dienone is 4. The summed E-state index contributed by atoms with van der Waals surface area (Å²) in [7, 11) is 0. The first-order chi connectivity index (χ1) is 24.5. The first kappa shape index (κ1) is 31.1. The van der Waals surface area contributed by atoms with Crippen LogP contribution >= 0.6 is 0 Å². The van der Waals surface area contributed by atoms with E-state index in [2.05, 4.69) is 201 Å². The van der Waals surface area contributed by atoms with Crippen molar-refractivity contribution in [1.29, 1.82) is 0 Å². The maximum Gasteiger partial charge on any atom is 0.0462 e. The Kier molecular flexibility index (Phi) is 8.11. The standard InChI is InChI=1S/C49H39N/c1-4-35(36-17-7-5-8-18-36)23-16-32-50(40-29-31-45-44-25-13-14-27-47(44)49(2,3)48(45)34-40)39-28-30-43(46(33-39)38-19-9-6-10-20-38)42-26-15-22-37-21-11-12-24-41(37)42/h4-34H,1H2,2-3H3/b32-16+,35-23+. The van der Waals surface area contributed by atoms with Crippen LogP contribution in [0.15, 0.2) is 195 Å². The molecular weight excluding hydrogens is 603 g/mol. The van der Waals surface area contributed by atoms with Gasteiger partial charge < -0.3 is 4.90 Å². The number of benzene rings is 7. The lowest BCUT2D eigenvalue weighted by Gasteiger charge is -2.26. The van der Waals surface area contributed by atoms with Crippen LogP contribution < -0.4 is 4.90 Å². The molecule has 0 amide bonds. The quantitative estimate of drug-likeness (QED) is 0.149. The average molecular weight is 642 g/mol. The Hall–Kier alpha value is -6.18. The molecule has 1 aliphatic carbocycles. The molecule has 1 aliphatic rings. The average Bonchev–Trinajstić information content (AvgIpc) is 3.40. The van der Waals surface area contributed by atoms with Crippen LogP contribution in [0.2, 0.25) is 0 Å². The van der Waals surface area contributed by atoms with E-state index in [1.54, 1.807) is 0 Å². The minimum atomic E-state index is -0.103. The van der Waals surface area contributed by atoms with Crippen molar-refractivity contribution >= 4 is 27.7 Å². The zero-order chi connectivity index (χ0) is 34.1. The van der Waals surface area contributed by atoms with Gasteiger partial charge in [-0.1, -0.05) is 172 Å². The molecule has 7 aromatic rings. The molecule has 0 aromatic heterocycles. The normalized spacial score (nSPS) is 13.3. The molecule has 0 bridgehead atoms. The molecule has 50 heavy (non-hydrogen) atoms. The summed E-state index contributed by atoms with van der Waals surface area (Å²) >= 11 is 0. The summed E-state index contributed by atoms with van der Waals surface area (Å²) < 4.78 is 0. The zero-order valence-corrected chi connectivity index (χ0v) is 28.6. The van der Waals surface area contributed by atoms with Gasteiger partial charge >= 0.3 is 0 Å². The van der Waals surface area contributed by atoms with Crippen molar-refractivity contribution in [1.82, 2.24) is 0 Å². The molecular formula is C49H39N. The zero-order valence-electron chi connectivity index (χ0n) is 28.6. The van der Waals surface area contributed by atoms with Gasteiger partial charge in [0.1, 0.15) is 0 Å². The Bertz CT molecular complexity index is 2410. The maximum atomic E-state index is 4.12. The van der Waals surface area contributed by atoms with E-state index in [-0.39, 0.29) is 5.41 Å². The fraction of sp³-hybridized carbons (Fsp3) is 0.0612. The third kappa shape index (κ3) is 5.57. The molecule has 0 heterocycles. The minimum Gasteiger partial charge on any atom is -0.317 e. The van der Waals surface area contributed by atoms with E-state index in [1.165, 1.54) is 55.3 Å². The van der Waals surface area contributed by atoms with Crippen LogP contribution in [0.4, 0.5) is 11.4 Å². The number of hydrogen-bond donors (Lipinski definition) is 0. The van der Waals surface area contributed by atoms with Gasteiger partial charge in [0, 0.05) is 23.0 Å². The van der Waals surface area contributed by atoms with Crippen LogP contribution in [0.5, 0.6) is 0 Å². The predicted molar refractivity (Wildman–Crippen MR) is 215 cm³/mol. The highest BCUT2D eigenvalue weighted by atomic mass is 15.1. The van der Waals surface area contributed by atoms with Crippen LogP contribution in [-0.4, -0.2) is 0 Å². The van der Waals surface area contributed by atoms with Gasteiger partial charge in [-0.25, -0.2) is 0 Å². The van der Waals surface area contributed by atoms with Crippen molar-refractivity contribution < 1.29 is 0 Å². The third-order valence-corrected chi connectivity index (χ3v) is 10.1. The number of hydrogen-bond acceptors (Lipinski definition) is 1. The molecule has 0 saturated carbocycles. The Morgan fingerprint density at radius 2 is 1.16 bits per heavy atom. The van der Waals surface area contributed by atoms with E-state index in [0.717, 1.165) is 22.5 Å². The van der Waals surface area contributed by atoms with Crippen LogP contribution in [0, 0.1) is 0 Å². The highest BCUT2D eigenvalue weighted by Gasteiger charge is 2.35. The fourth-order valence-electron chi connectivity index (χ4n) is 7.54. The molecule has 0 aliphatic heterocycles. The van der Waals surface area contributed by atoms with Gasteiger partial charge in [0.25, 0.3) is 0 Å². The van der Waals surface area contributed by atoms with E-state index < -0.39 is 0 Å². The third-order valence-electron chi connectivity index (χ3n) is 10.1. The first-order valence-electron chi connectivity index (χ1n) is 17.3. The summed E-state index contributed by atoms with van der Waals surface area (Å²) in [6, 6.07) is 59.1. The molecule has 7 aromatic carbocycles. The number of fused-ring (bicyclic) bond motifs is 4. The Morgan fingerprint density at radius 3 is 1.96 bits per heavy atom. The van der Waals surface area contributed by atoms with Crippen molar-refractivity contribution in [2.24, 2.45) is 0 Å². The van der Waals surface area contributed by atoms with E-state index >= 15 is 0 Å². The van der Waals surface area contributed by atoms with Gasteiger partial charge in [-0.2, -0.15) is 0 Å². The molecule has 0 N–H and O–H groups in total. The van der Waals surface area contributed by atoms with Crippen molar-refractivity contribution in [2.75, 3.05) is 4.90 Å². The van der Waals surface area contributed by atoms with Gasteiger partial charge in [-0.3, -0.25) is 0 Å². The second-order valence-electron chi connectivity index (χ2n) is 13.4. The summed E-state index contributed by atoms with van der Waals surface area (Å²) in [5.41, 5.74) is 14.5. The van der Waals surface area contributed by atoms with E-state index in [1.807, 2.05) is 12.1 Å². The van der Waals surface area contributed by atoms with E-state index in [9.17, 15) is 0 Å². The van der Waals surface area contributed by atoms with Crippen LogP contribution in [-0.2, 0) is 5.41 Å². The van der Waals surface area contributed by atoms with Gasteiger partial charge in [-0.15, -0.1) is 0 Å². The number of nitrogens with zero attached hydrogens (tertiary/aromatic N) is 1. The molecule has 1 heteroatoms. The first-order valence-corrected chi connectivity index (χ1v) is 17.3. The summed E-state index contributed by atoms with van der Waals surface area (Å²) in [5, 5.41) is 2.49. The maximum absolute atomic E-state index is 4.12. The lowest BCUT2D eigenvalue weighted by molar-refractivity contribution is 0.660. The van der Waals surface area contributed by atoms with Gasteiger partial charge in [0.2, 0.25) is 0 Å². The van der Waals surface area contributed by atoms with Crippen LogP contribution in [0.3, 0.4) is 0 Å². The second-order valence-corrected chi connectivity index (χ2v) is 13.4. The lowest BCUT2D eigenvalue weighted by atomic mass is 9.82. The van der Waals surface area contributed by atoms with Crippen molar-refractivity contribution in [3.63, 3.8) is 0 Å². The minimum absolute atomic E-state index is 0.103. The van der Waals surface area contributed by atoms with E-state index in [4.69, 9.17) is 0 Å². The van der Waals surface area contributed by atoms with E-state index in [0.29, 0.717) is 0 Å². The molecule has 0 atom stereocenters. The SMILES string of the molecule is C=C/C(=C\C=C\N(c1ccc(-c2cccc3ccccc23)c(-c2ccccc2)c1)c1ccc2c(c1)C(C)(C)c1ccccc1-2)c1ccccc1. The molecule has 8 rings (SSSR count). The van der Waals surface area contributed by atoms with Crippen LogP contribution in [0.1, 0.15) is 30.5 Å². The summed E-state index contributed by atoms with van der Waals surface area (Å²) in [6.07, 6.45) is 8.39. The highest BCUT2D eigenvalue weighted by molar-refractivity contribution is 6.01. The fourth-order valence-corrected chi connectivity index (χ4v) is 7.54. The molecule has 0 radical (unpaired) electrons. The summed E-state index contributed by atoms with van der Waals surface area (Å²) in [4.78, 5) is 2.32. The molecule has 0 spiro atoms.